The smallest absolute Gasteiger partial charge is 0.155 e. The summed E-state index contributed by atoms with van der Waals surface area (Å²) in [4.78, 5) is 11.7. The molecule has 0 radical (unpaired) electrons. The Bertz CT molecular complexity index is 447. The first-order chi connectivity index (χ1) is 9.60. The van der Waals surface area contributed by atoms with Crippen LogP contribution in [-0.2, 0) is 4.79 Å². The summed E-state index contributed by atoms with van der Waals surface area (Å²) in [5.41, 5.74) is -0.293. The lowest BCUT2D eigenvalue weighted by Gasteiger charge is -2.33. The van der Waals surface area contributed by atoms with Crippen LogP contribution in [0.2, 0.25) is 0 Å². The average molecular weight is 282 g/mol. The first-order valence-electron chi connectivity index (χ1n) is 7.02. The summed E-state index contributed by atoms with van der Waals surface area (Å²) >= 11 is 0. The van der Waals surface area contributed by atoms with Crippen molar-refractivity contribution in [1.82, 2.24) is 10.6 Å². The molecular weight excluding hydrogens is 262 g/mol. The molecule has 1 atom stereocenters. The van der Waals surface area contributed by atoms with Crippen LogP contribution in [0.1, 0.15) is 32.1 Å². The minimum absolute atomic E-state index is 0.130. The Hall–Kier alpha value is -1.49. The lowest BCUT2D eigenvalue weighted by Crippen LogP contribution is -2.43. The van der Waals surface area contributed by atoms with Crippen LogP contribution in [0.5, 0.6) is 0 Å². The van der Waals surface area contributed by atoms with E-state index in [9.17, 15) is 13.6 Å². The summed E-state index contributed by atoms with van der Waals surface area (Å²) in [6.07, 6.45) is 7.83. The first-order valence-corrected chi connectivity index (χ1v) is 7.02. The van der Waals surface area contributed by atoms with Gasteiger partial charge in [-0.05, 0) is 50.9 Å². The molecule has 1 unspecified atom stereocenters. The zero-order valence-corrected chi connectivity index (χ0v) is 11.4. The van der Waals surface area contributed by atoms with Gasteiger partial charge >= 0.3 is 0 Å². The van der Waals surface area contributed by atoms with E-state index < -0.39 is 11.7 Å². The number of hydrogen-bond donors (Lipinski definition) is 2. The number of carbonyl (C=O) groups excluding carboxylic acids is 1. The van der Waals surface area contributed by atoms with E-state index in [1.165, 1.54) is 12.3 Å². The van der Waals surface area contributed by atoms with Crippen LogP contribution in [0.4, 0.5) is 8.78 Å². The van der Waals surface area contributed by atoms with Crippen molar-refractivity contribution in [1.29, 1.82) is 0 Å². The van der Waals surface area contributed by atoms with Crippen molar-refractivity contribution in [2.24, 2.45) is 0 Å². The molecule has 1 fully saturated rings. The second-order valence-electron chi connectivity index (χ2n) is 5.39. The molecule has 0 aliphatic carbocycles. The van der Waals surface area contributed by atoms with Crippen LogP contribution in [-0.4, -0.2) is 24.4 Å². The Kier molecular flexibility index (Phi) is 5.06. The predicted octanol–water partition coefficient (Wildman–Crippen LogP) is 2.67. The first kappa shape index (κ1) is 14.9. The number of ketones is 1. The van der Waals surface area contributed by atoms with Gasteiger partial charge in [-0.25, -0.2) is 8.78 Å². The topological polar surface area (TPSA) is 41.1 Å². The summed E-state index contributed by atoms with van der Waals surface area (Å²) < 4.78 is 26.9. The van der Waals surface area contributed by atoms with Gasteiger partial charge in [-0.2, -0.15) is 0 Å². The third-order valence-electron chi connectivity index (χ3n) is 3.86. The second-order valence-corrected chi connectivity index (χ2v) is 5.39. The summed E-state index contributed by atoms with van der Waals surface area (Å²) in [5.74, 6) is -1.56. The molecule has 20 heavy (non-hydrogen) atoms. The lowest BCUT2D eigenvalue weighted by atomic mass is 9.85. The van der Waals surface area contributed by atoms with E-state index in [1.54, 1.807) is 0 Å². The summed E-state index contributed by atoms with van der Waals surface area (Å²) in [5, 5.41) is 6.39. The second kappa shape index (κ2) is 6.79. The Labute approximate surface area is 117 Å². The van der Waals surface area contributed by atoms with Gasteiger partial charge in [0.15, 0.2) is 5.78 Å². The zero-order valence-electron chi connectivity index (χ0n) is 11.4. The normalized spacial score (nSPS) is 35.8. The highest BCUT2D eigenvalue weighted by Gasteiger charge is 2.30. The maximum Gasteiger partial charge on any atom is 0.155 e. The van der Waals surface area contributed by atoms with Crippen molar-refractivity contribution >= 4 is 5.78 Å². The van der Waals surface area contributed by atoms with Crippen LogP contribution in [0, 0.1) is 0 Å². The molecule has 2 aliphatic heterocycles. The van der Waals surface area contributed by atoms with E-state index in [-0.39, 0.29) is 11.3 Å². The molecule has 3 nitrogen and oxygen atoms in total. The molecular formula is C15H20F2N2O. The molecule has 1 saturated heterocycles. The van der Waals surface area contributed by atoms with Gasteiger partial charge in [-0.3, -0.25) is 4.79 Å². The van der Waals surface area contributed by atoms with Crippen molar-refractivity contribution in [2.75, 3.05) is 13.1 Å². The van der Waals surface area contributed by atoms with Crippen molar-refractivity contribution in [3.8, 4) is 0 Å². The standard InChI is InChI=1S/C15H20F2N2O/c16-12-2-3-14(20)4-6-15(19-11-13(17)10-12)5-1-8-18-9-7-15/h2-3,10-11,18-19H,1,4-9H2/b3-2+,12-10+,13-11-. The molecule has 0 aromatic heterocycles. The SMILES string of the molecule is O=C1/C=C/C(F)=C\C(F)=C\NC2(CCCNCC2)CC1. The zero-order chi connectivity index (χ0) is 14.4. The minimum Gasteiger partial charge on any atom is -0.383 e. The Balaban J connectivity index is 2.23. The maximum absolute atomic E-state index is 13.6. The van der Waals surface area contributed by atoms with Crippen molar-refractivity contribution in [2.45, 2.75) is 37.6 Å². The minimum atomic E-state index is -0.757. The fourth-order valence-corrected chi connectivity index (χ4v) is 2.66. The molecule has 1 spiro atoms. The summed E-state index contributed by atoms with van der Waals surface area (Å²) in [6.45, 7) is 1.76. The quantitative estimate of drug-likeness (QED) is 0.717. The number of halogens is 2. The highest BCUT2D eigenvalue weighted by Crippen LogP contribution is 2.26. The molecule has 110 valence electrons. The van der Waals surface area contributed by atoms with Gasteiger partial charge in [0.1, 0.15) is 11.7 Å². The molecule has 2 heterocycles. The van der Waals surface area contributed by atoms with Crippen LogP contribution < -0.4 is 10.6 Å². The van der Waals surface area contributed by atoms with Gasteiger partial charge in [-0.15, -0.1) is 0 Å². The van der Waals surface area contributed by atoms with Crippen molar-refractivity contribution in [3.05, 3.63) is 36.1 Å². The fraction of sp³-hybridized carbons (Fsp3) is 0.533. The number of carbonyl (C=O) groups is 1. The van der Waals surface area contributed by atoms with Crippen LogP contribution in [0.3, 0.4) is 0 Å². The average Bonchev–Trinajstić information content (AvgIpc) is 2.67. The number of hydrogen-bond acceptors (Lipinski definition) is 3. The Morgan fingerprint density at radius 2 is 1.90 bits per heavy atom. The van der Waals surface area contributed by atoms with E-state index >= 15 is 0 Å². The van der Waals surface area contributed by atoms with Gasteiger partial charge in [0.25, 0.3) is 0 Å². The summed E-state index contributed by atoms with van der Waals surface area (Å²) in [7, 11) is 0. The van der Waals surface area contributed by atoms with E-state index in [1.807, 2.05) is 0 Å². The monoisotopic (exact) mass is 282 g/mol. The highest BCUT2D eigenvalue weighted by atomic mass is 19.1. The number of rotatable bonds is 0. The van der Waals surface area contributed by atoms with Crippen LogP contribution in [0.25, 0.3) is 0 Å². The van der Waals surface area contributed by atoms with E-state index in [2.05, 4.69) is 10.6 Å². The van der Waals surface area contributed by atoms with Gasteiger partial charge in [-0.1, -0.05) is 0 Å². The van der Waals surface area contributed by atoms with Gasteiger partial charge < -0.3 is 10.6 Å². The Morgan fingerprint density at radius 1 is 1.05 bits per heavy atom. The highest BCUT2D eigenvalue weighted by molar-refractivity contribution is 5.90. The van der Waals surface area contributed by atoms with E-state index in [0.29, 0.717) is 12.8 Å². The molecule has 2 rings (SSSR count). The molecule has 2 N–H and O–H groups in total. The van der Waals surface area contributed by atoms with Gasteiger partial charge in [0, 0.05) is 24.2 Å². The maximum atomic E-state index is 13.6. The van der Waals surface area contributed by atoms with E-state index in [0.717, 1.165) is 44.5 Å². The van der Waals surface area contributed by atoms with Gasteiger partial charge in [0.05, 0.1) is 0 Å². The van der Waals surface area contributed by atoms with Crippen LogP contribution in [0.15, 0.2) is 36.1 Å². The predicted molar refractivity (Wildman–Crippen MR) is 74.4 cm³/mol. The lowest BCUT2D eigenvalue weighted by molar-refractivity contribution is -0.115. The molecule has 0 aromatic rings. The molecule has 0 saturated carbocycles. The third-order valence-corrected chi connectivity index (χ3v) is 3.86. The van der Waals surface area contributed by atoms with E-state index in [4.69, 9.17) is 0 Å². The summed E-state index contributed by atoms with van der Waals surface area (Å²) in [6, 6.07) is 0. The van der Waals surface area contributed by atoms with Crippen molar-refractivity contribution < 1.29 is 13.6 Å². The molecule has 0 aromatic carbocycles. The molecule has 0 bridgehead atoms. The van der Waals surface area contributed by atoms with Crippen molar-refractivity contribution in [3.63, 3.8) is 0 Å². The fourth-order valence-electron chi connectivity index (χ4n) is 2.66. The van der Waals surface area contributed by atoms with Crippen LogP contribution >= 0.6 is 0 Å². The van der Waals surface area contributed by atoms with Gasteiger partial charge in [0.2, 0.25) is 0 Å². The largest absolute Gasteiger partial charge is 0.383 e. The number of nitrogens with one attached hydrogen (secondary N) is 2. The molecule has 0 amide bonds. The number of allylic oxidation sites excluding steroid dienone is 5. The Morgan fingerprint density at radius 3 is 2.75 bits per heavy atom. The third kappa shape index (κ3) is 4.27. The molecule has 2 aliphatic rings. The molecule has 5 heteroatoms.